The molecule has 1 heterocycles. The summed E-state index contributed by atoms with van der Waals surface area (Å²) in [4.78, 5) is 19.3. The molecule has 27 heavy (non-hydrogen) atoms. The number of nitriles is 1. The molecule has 0 atom stereocenters. The van der Waals surface area contributed by atoms with Crippen molar-refractivity contribution in [1.82, 2.24) is 9.97 Å². The van der Waals surface area contributed by atoms with Crippen LogP contribution >= 0.6 is 23.4 Å². The van der Waals surface area contributed by atoms with E-state index < -0.39 is 11.4 Å². The molecule has 0 saturated heterocycles. The number of H-pyrrole nitrogens is 1. The molecular formula is C19H13ClFN3O2S. The average molecular weight is 402 g/mol. The smallest absolute Gasteiger partial charge is 0.270 e. The lowest BCUT2D eigenvalue weighted by Gasteiger charge is -2.08. The summed E-state index contributed by atoms with van der Waals surface area (Å²) in [6, 6.07) is 12.9. The number of aromatic amines is 1. The molecule has 0 unspecified atom stereocenters. The molecule has 136 valence electrons. The molecule has 0 radical (unpaired) electrons. The highest BCUT2D eigenvalue weighted by Gasteiger charge is 2.14. The van der Waals surface area contributed by atoms with Crippen LogP contribution in [-0.4, -0.2) is 17.1 Å². The maximum Gasteiger partial charge on any atom is 0.270 e. The maximum atomic E-state index is 13.2. The Bertz CT molecular complexity index is 1080. The first-order valence-corrected chi connectivity index (χ1v) is 9.13. The van der Waals surface area contributed by atoms with Crippen molar-refractivity contribution in [3.63, 3.8) is 0 Å². The zero-order valence-corrected chi connectivity index (χ0v) is 15.7. The van der Waals surface area contributed by atoms with E-state index in [-0.39, 0.29) is 11.3 Å². The minimum atomic E-state index is -0.522. The highest BCUT2D eigenvalue weighted by atomic mass is 35.5. The van der Waals surface area contributed by atoms with Gasteiger partial charge in [-0.05, 0) is 42.0 Å². The predicted octanol–water partition coefficient (Wildman–Crippen LogP) is 4.40. The van der Waals surface area contributed by atoms with Crippen LogP contribution in [0.1, 0.15) is 11.1 Å². The van der Waals surface area contributed by atoms with E-state index in [9.17, 15) is 14.4 Å². The van der Waals surface area contributed by atoms with Gasteiger partial charge in [0.05, 0.1) is 12.8 Å². The lowest BCUT2D eigenvalue weighted by atomic mass is 10.1. The summed E-state index contributed by atoms with van der Waals surface area (Å²) in [5.41, 5.74) is 1.04. The molecular weight excluding hydrogens is 389 g/mol. The number of rotatable bonds is 5. The normalized spacial score (nSPS) is 10.4. The topological polar surface area (TPSA) is 78.8 Å². The zero-order valence-electron chi connectivity index (χ0n) is 14.1. The van der Waals surface area contributed by atoms with Crippen LogP contribution in [0.3, 0.4) is 0 Å². The molecule has 0 amide bonds. The minimum absolute atomic E-state index is 0.0654. The van der Waals surface area contributed by atoms with Crippen molar-refractivity contribution in [3.05, 3.63) is 74.8 Å². The lowest BCUT2D eigenvalue weighted by molar-refractivity contribution is 0.415. The van der Waals surface area contributed by atoms with Crippen molar-refractivity contribution in [1.29, 1.82) is 5.26 Å². The summed E-state index contributed by atoms with van der Waals surface area (Å²) in [7, 11) is 1.55. The molecule has 2 aromatic carbocycles. The summed E-state index contributed by atoms with van der Waals surface area (Å²) in [5.74, 6) is 0.624. The summed E-state index contributed by atoms with van der Waals surface area (Å²) >= 11 is 7.27. The van der Waals surface area contributed by atoms with Gasteiger partial charge in [0, 0.05) is 16.3 Å². The van der Waals surface area contributed by atoms with Gasteiger partial charge in [0.25, 0.3) is 5.56 Å². The van der Waals surface area contributed by atoms with Crippen LogP contribution in [0.5, 0.6) is 5.75 Å². The average Bonchev–Trinajstić information content (AvgIpc) is 2.67. The number of ether oxygens (including phenoxy) is 1. The Morgan fingerprint density at radius 3 is 2.67 bits per heavy atom. The first-order chi connectivity index (χ1) is 13.0. The van der Waals surface area contributed by atoms with Crippen molar-refractivity contribution in [2.45, 2.75) is 10.9 Å². The van der Waals surface area contributed by atoms with E-state index in [1.54, 1.807) is 37.4 Å². The van der Waals surface area contributed by atoms with E-state index >= 15 is 0 Å². The molecule has 3 rings (SSSR count). The van der Waals surface area contributed by atoms with E-state index in [0.717, 1.165) is 0 Å². The van der Waals surface area contributed by atoms with E-state index in [0.29, 0.717) is 32.8 Å². The van der Waals surface area contributed by atoms with Crippen LogP contribution in [0.4, 0.5) is 4.39 Å². The molecule has 5 nitrogen and oxygen atoms in total. The van der Waals surface area contributed by atoms with Crippen molar-refractivity contribution in [2.24, 2.45) is 0 Å². The molecule has 0 spiro atoms. The molecule has 0 bridgehead atoms. The first kappa shape index (κ1) is 19.0. The van der Waals surface area contributed by atoms with Crippen LogP contribution in [0, 0.1) is 17.1 Å². The van der Waals surface area contributed by atoms with Gasteiger partial charge >= 0.3 is 0 Å². The Morgan fingerprint density at radius 1 is 1.30 bits per heavy atom. The van der Waals surface area contributed by atoms with Gasteiger partial charge in [-0.1, -0.05) is 29.4 Å². The number of aromatic nitrogens is 2. The Kier molecular flexibility index (Phi) is 5.79. The van der Waals surface area contributed by atoms with Crippen LogP contribution in [-0.2, 0) is 5.75 Å². The second kappa shape index (κ2) is 8.25. The first-order valence-electron chi connectivity index (χ1n) is 7.77. The fourth-order valence-electron chi connectivity index (χ4n) is 2.37. The third-order valence-electron chi connectivity index (χ3n) is 3.75. The van der Waals surface area contributed by atoms with Crippen molar-refractivity contribution in [2.75, 3.05) is 7.11 Å². The molecule has 1 N–H and O–H groups in total. The van der Waals surface area contributed by atoms with Gasteiger partial charge in [-0.25, -0.2) is 9.37 Å². The number of halogens is 2. The highest BCUT2D eigenvalue weighted by molar-refractivity contribution is 7.98. The predicted molar refractivity (Wildman–Crippen MR) is 103 cm³/mol. The van der Waals surface area contributed by atoms with E-state index in [1.807, 2.05) is 6.07 Å². The van der Waals surface area contributed by atoms with Gasteiger partial charge in [-0.2, -0.15) is 5.26 Å². The quantitative estimate of drug-likeness (QED) is 0.506. The third kappa shape index (κ3) is 4.30. The standard InChI is InChI=1S/C19H13ClFN3O2S/c1-26-14-6-3-11(4-7-14)17-15(9-22)18(25)24-19(23-17)27-10-12-2-5-13(21)8-16(12)20/h2-8H,10H2,1H3,(H,23,24,25). The summed E-state index contributed by atoms with van der Waals surface area (Å²) in [6.45, 7) is 0. The molecule has 1 aromatic heterocycles. The number of hydrogen-bond acceptors (Lipinski definition) is 5. The van der Waals surface area contributed by atoms with Crippen LogP contribution in [0.2, 0.25) is 5.02 Å². The molecule has 3 aromatic rings. The zero-order chi connectivity index (χ0) is 19.4. The highest BCUT2D eigenvalue weighted by Crippen LogP contribution is 2.27. The van der Waals surface area contributed by atoms with Gasteiger partial charge in [0.1, 0.15) is 23.2 Å². The second-order valence-electron chi connectivity index (χ2n) is 5.46. The molecule has 8 heteroatoms. The van der Waals surface area contributed by atoms with Crippen LogP contribution < -0.4 is 10.3 Å². The third-order valence-corrected chi connectivity index (χ3v) is 5.03. The summed E-state index contributed by atoms with van der Waals surface area (Å²) < 4.78 is 18.3. The number of hydrogen-bond donors (Lipinski definition) is 1. The van der Waals surface area contributed by atoms with Gasteiger partial charge in [0.15, 0.2) is 5.16 Å². The largest absolute Gasteiger partial charge is 0.497 e. The Balaban J connectivity index is 1.94. The molecule has 0 saturated carbocycles. The molecule has 0 aliphatic rings. The van der Waals surface area contributed by atoms with Gasteiger partial charge in [0.2, 0.25) is 0 Å². The van der Waals surface area contributed by atoms with E-state index in [1.165, 1.54) is 23.9 Å². The second-order valence-corrected chi connectivity index (χ2v) is 6.83. The number of nitrogens with one attached hydrogen (secondary N) is 1. The van der Waals surface area contributed by atoms with Crippen LogP contribution in [0.25, 0.3) is 11.3 Å². The van der Waals surface area contributed by atoms with Crippen molar-refractivity contribution >= 4 is 23.4 Å². The minimum Gasteiger partial charge on any atom is -0.497 e. The Morgan fingerprint density at radius 2 is 2.04 bits per heavy atom. The van der Waals surface area contributed by atoms with E-state index in [2.05, 4.69) is 9.97 Å². The lowest BCUT2D eigenvalue weighted by Crippen LogP contribution is -2.14. The van der Waals surface area contributed by atoms with Crippen molar-refractivity contribution in [3.8, 4) is 23.1 Å². The van der Waals surface area contributed by atoms with Gasteiger partial charge < -0.3 is 9.72 Å². The molecule has 0 aliphatic carbocycles. The van der Waals surface area contributed by atoms with Gasteiger partial charge in [-0.15, -0.1) is 0 Å². The SMILES string of the molecule is COc1ccc(-c2nc(SCc3ccc(F)cc3Cl)[nH]c(=O)c2C#N)cc1. The molecule has 0 aliphatic heterocycles. The van der Waals surface area contributed by atoms with E-state index in [4.69, 9.17) is 16.3 Å². The summed E-state index contributed by atoms with van der Waals surface area (Å²) in [5, 5.41) is 9.97. The monoisotopic (exact) mass is 401 g/mol. The molecule has 0 fully saturated rings. The Hall–Kier alpha value is -2.82. The fourth-order valence-corrected chi connectivity index (χ4v) is 3.55. The maximum absolute atomic E-state index is 13.2. The number of benzene rings is 2. The van der Waals surface area contributed by atoms with Crippen molar-refractivity contribution < 1.29 is 9.13 Å². The Labute approximate surface area is 163 Å². The summed E-state index contributed by atoms with van der Waals surface area (Å²) in [6.07, 6.45) is 0. The number of nitrogens with zero attached hydrogens (tertiary/aromatic N) is 2. The number of thioether (sulfide) groups is 1. The fraction of sp³-hybridized carbons (Fsp3) is 0.105. The van der Waals surface area contributed by atoms with Gasteiger partial charge in [-0.3, -0.25) is 4.79 Å². The van der Waals surface area contributed by atoms with Crippen LogP contribution in [0.15, 0.2) is 52.4 Å². The number of methoxy groups -OCH3 is 1.